The van der Waals surface area contributed by atoms with Gasteiger partial charge < -0.3 is 4.90 Å². The van der Waals surface area contributed by atoms with E-state index in [-0.39, 0.29) is 17.0 Å². The van der Waals surface area contributed by atoms with Crippen molar-refractivity contribution in [1.29, 1.82) is 0 Å². The lowest BCUT2D eigenvalue weighted by Crippen LogP contribution is -2.32. The second kappa shape index (κ2) is 7.18. The van der Waals surface area contributed by atoms with Gasteiger partial charge >= 0.3 is 0 Å². The molecule has 0 N–H and O–H groups in total. The summed E-state index contributed by atoms with van der Waals surface area (Å²) in [4.78, 5) is 14.5. The fraction of sp³-hybridized carbons (Fsp3) is 0.316. The number of benzene rings is 2. The molecule has 0 bridgehead atoms. The van der Waals surface area contributed by atoms with Crippen molar-refractivity contribution in [2.45, 2.75) is 18.6 Å². The molecule has 1 amide bonds. The Bertz CT molecular complexity index is 686. The second-order valence-electron chi connectivity index (χ2n) is 5.83. The smallest absolute Gasteiger partial charge is 0.253 e. The van der Waals surface area contributed by atoms with E-state index in [9.17, 15) is 9.18 Å². The van der Waals surface area contributed by atoms with Gasteiger partial charge in [-0.1, -0.05) is 35.9 Å². The highest BCUT2D eigenvalue weighted by molar-refractivity contribution is 7.99. The van der Waals surface area contributed by atoms with Gasteiger partial charge in [-0.2, -0.15) is 11.8 Å². The molecular formula is C19H20FNOS. The first-order valence-corrected chi connectivity index (χ1v) is 8.92. The number of halogens is 1. The van der Waals surface area contributed by atoms with Crippen LogP contribution in [0.15, 0.2) is 48.5 Å². The zero-order valence-electron chi connectivity index (χ0n) is 13.2. The first-order chi connectivity index (χ1) is 11.1. The van der Waals surface area contributed by atoms with E-state index in [0.29, 0.717) is 13.1 Å². The van der Waals surface area contributed by atoms with Crippen molar-refractivity contribution < 1.29 is 9.18 Å². The van der Waals surface area contributed by atoms with E-state index in [1.165, 1.54) is 6.07 Å². The molecule has 2 aromatic carbocycles. The minimum atomic E-state index is -0.150. The number of nitrogens with zero attached hydrogens (tertiary/aromatic N) is 1. The molecule has 0 aromatic heterocycles. The van der Waals surface area contributed by atoms with Crippen LogP contribution >= 0.6 is 11.8 Å². The highest BCUT2D eigenvalue weighted by atomic mass is 32.2. The van der Waals surface area contributed by atoms with Gasteiger partial charge in [0.1, 0.15) is 5.82 Å². The third kappa shape index (κ3) is 3.75. The van der Waals surface area contributed by atoms with Crippen molar-refractivity contribution in [3.8, 4) is 0 Å². The van der Waals surface area contributed by atoms with Crippen molar-refractivity contribution in [2.75, 3.05) is 18.8 Å². The minimum absolute atomic E-state index is 0.0692. The highest BCUT2D eigenvalue weighted by Gasteiger charge is 2.24. The summed E-state index contributed by atoms with van der Waals surface area (Å²) in [6, 6.07) is 14.6. The number of rotatable bonds is 2. The van der Waals surface area contributed by atoms with Crippen LogP contribution in [0.3, 0.4) is 0 Å². The van der Waals surface area contributed by atoms with E-state index in [2.05, 4.69) is 0 Å². The van der Waals surface area contributed by atoms with E-state index in [1.807, 2.05) is 48.2 Å². The molecule has 1 aliphatic heterocycles. The normalized spacial score (nSPS) is 18.5. The van der Waals surface area contributed by atoms with Crippen LogP contribution in [0.2, 0.25) is 0 Å². The average Bonchev–Trinajstić information content (AvgIpc) is 2.81. The number of hydrogen-bond acceptors (Lipinski definition) is 2. The van der Waals surface area contributed by atoms with Crippen LogP contribution in [0.1, 0.15) is 33.2 Å². The third-order valence-electron chi connectivity index (χ3n) is 4.18. The quantitative estimate of drug-likeness (QED) is 0.811. The molecule has 0 saturated carbocycles. The third-order valence-corrected chi connectivity index (χ3v) is 5.49. The molecule has 2 nitrogen and oxygen atoms in total. The maximum absolute atomic E-state index is 14.0. The Morgan fingerprint density at radius 2 is 1.87 bits per heavy atom. The average molecular weight is 329 g/mol. The zero-order valence-corrected chi connectivity index (χ0v) is 14.0. The maximum atomic E-state index is 14.0. The Kier molecular flexibility index (Phi) is 5.01. The van der Waals surface area contributed by atoms with Crippen molar-refractivity contribution in [1.82, 2.24) is 4.90 Å². The van der Waals surface area contributed by atoms with Gasteiger partial charge in [0.15, 0.2) is 0 Å². The molecule has 23 heavy (non-hydrogen) atoms. The van der Waals surface area contributed by atoms with Gasteiger partial charge in [-0.25, -0.2) is 4.39 Å². The first-order valence-electron chi connectivity index (χ1n) is 7.87. The minimum Gasteiger partial charge on any atom is -0.338 e. The number of thioether (sulfide) groups is 1. The van der Waals surface area contributed by atoms with E-state index >= 15 is 0 Å². The first kappa shape index (κ1) is 16.1. The molecule has 0 radical (unpaired) electrons. The van der Waals surface area contributed by atoms with Crippen LogP contribution in [-0.4, -0.2) is 29.6 Å². The van der Waals surface area contributed by atoms with Crippen LogP contribution in [0.4, 0.5) is 4.39 Å². The predicted octanol–water partition coefficient (Wildman–Crippen LogP) is 4.45. The van der Waals surface area contributed by atoms with E-state index in [1.54, 1.807) is 17.8 Å². The fourth-order valence-corrected chi connectivity index (χ4v) is 4.09. The molecule has 3 rings (SSSR count). The summed E-state index contributed by atoms with van der Waals surface area (Å²) in [6.45, 7) is 3.39. The Hall–Kier alpha value is -1.81. The molecule has 1 atom stereocenters. The van der Waals surface area contributed by atoms with Gasteiger partial charge in [0, 0.05) is 35.2 Å². The summed E-state index contributed by atoms with van der Waals surface area (Å²) in [6.07, 6.45) is 0.781. The molecule has 0 aliphatic carbocycles. The largest absolute Gasteiger partial charge is 0.338 e. The molecule has 1 aliphatic rings. The van der Waals surface area contributed by atoms with Gasteiger partial charge in [0.2, 0.25) is 0 Å². The maximum Gasteiger partial charge on any atom is 0.253 e. The van der Waals surface area contributed by atoms with Gasteiger partial charge in [-0.15, -0.1) is 0 Å². The molecular weight excluding hydrogens is 309 g/mol. The van der Waals surface area contributed by atoms with Crippen LogP contribution in [0.5, 0.6) is 0 Å². The van der Waals surface area contributed by atoms with Crippen LogP contribution in [-0.2, 0) is 0 Å². The van der Waals surface area contributed by atoms with Crippen molar-refractivity contribution in [3.63, 3.8) is 0 Å². The highest BCUT2D eigenvalue weighted by Crippen LogP contribution is 2.35. The number of carbonyl (C=O) groups is 1. The molecule has 1 unspecified atom stereocenters. The number of aryl methyl sites for hydroxylation is 1. The van der Waals surface area contributed by atoms with Crippen LogP contribution < -0.4 is 0 Å². The molecule has 1 saturated heterocycles. The Balaban J connectivity index is 1.70. The Labute approximate surface area is 140 Å². The lowest BCUT2D eigenvalue weighted by molar-refractivity contribution is 0.0766. The predicted molar refractivity (Wildman–Crippen MR) is 93.3 cm³/mol. The molecule has 2 aromatic rings. The lowest BCUT2D eigenvalue weighted by atomic mass is 10.1. The summed E-state index contributed by atoms with van der Waals surface area (Å²) in [5.41, 5.74) is 2.62. The number of hydrogen-bond donors (Lipinski definition) is 0. The summed E-state index contributed by atoms with van der Waals surface area (Å²) >= 11 is 1.74. The van der Waals surface area contributed by atoms with Crippen LogP contribution in [0.25, 0.3) is 0 Å². The molecule has 4 heteroatoms. The summed E-state index contributed by atoms with van der Waals surface area (Å²) < 4.78 is 14.0. The standard InChI is InChI=1S/C19H20FNOS/c1-14-6-8-15(9-7-14)19(22)21-11-10-18(23-13-12-21)16-4-2-3-5-17(16)20/h2-9,18H,10-13H2,1H3. The Morgan fingerprint density at radius 3 is 2.61 bits per heavy atom. The van der Waals surface area contributed by atoms with Crippen LogP contribution in [0, 0.1) is 12.7 Å². The second-order valence-corrected chi connectivity index (χ2v) is 7.14. The van der Waals surface area contributed by atoms with E-state index in [0.717, 1.165) is 28.9 Å². The molecule has 1 heterocycles. The Morgan fingerprint density at radius 1 is 1.13 bits per heavy atom. The number of carbonyl (C=O) groups excluding carboxylic acids is 1. The van der Waals surface area contributed by atoms with Gasteiger partial charge in [0.25, 0.3) is 5.91 Å². The summed E-state index contributed by atoms with van der Waals surface area (Å²) in [5, 5.41) is 0.118. The SMILES string of the molecule is Cc1ccc(C(=O)N2CCSC(c3ccccc3F)CC2)cc1. The summed E-state index contributed by atoms with van der Waals surface area (Å²) in [7, 11) is 0. The topological polar surface area (TPSA) is 20.3 Å². The molecule has 0 spiro atoms. The van der Waals surface area contributed by atoms with E-state index in [4.69, 9.17) is 0 Å². The monoisotopic (exact) mass is 329 g/mol. The van der Waals surface area contributed by atoms with Gasteiger partial charge in [0.05, 0.1) is 0 Å². The van der Waals surface area contributed by atoms with Gasteiger partial charge in [-0.3, -0.25) is 4.79 Å². The molecule has 1 fully saturated rings. The van der Waals surface area contributed by atoms with Crippen molar-refractivity contribution >= 4 is 17.7 Å². The van der Waals surface area contributed by atoms with Crippen molar-refractivity contribution in [3.05, 3.63) is 71.0 Å². The zero-order chi connectivity index (χ0) is 16.2. The lowest BCUT2D eigenvalue weighted by Gasteiger charge is -2.20. The van der Waals surface area contributed by atoms with Gasteiger partial charge in [-0.05, 0) is 31.5 Å². The fourth-order valence-electron chi connectivity index (χ4n) is 2.84. The van der Waals surface area contributed by atoms with Crippen molar-refractivity contribution in [2.24, 2.45) is 0 Å². The summed E-state index contributed by atoms with van der Waals surface area (Å²) in [5.74, 6) is 0.749. The number of amides is 1. The van der Waals surface area contributed by atoms with E-state index < -0.39 is 0 Å². The molecule has 120 valence electrons.